The van der Waals surface area contributed by atoms with Crippen molar-refractivity contribution in [2.45, 2.75) is 77.9 Å². The van der Waals surface area contributed by atoms with Gasteiger partial charge in [0.2, 0.25) is 0 Å². The quantitative estimate of drug-likeness (QED) is 0.664. The highest BCUT2D eigenvalue weighted by Gasteiger charge is 2.17. The lowest BCUT2D eigenvalue weighted by Gasteiger charge is -2.24. The van der Waals surface area contributed by atoms with E-state index in [2.05, 4.69) is 26.1 Å². The van der Waals surface area contributed by atoms with Gasteiger partial charge in [-0.1, -0.05) is 27.2 Å². The van der Waals surface area contributed by atoms with Crippen LogP contribution in [0.15, 0.2) is 0 Å². The van der Waals surface area contributed by atoms with Crippen molar-refractivity contribution in [2.24, 2.45) is 5.92 Å². The highest BCUT2D eigenvalue weighted by Crippen LogP contribution is 2.21. The molecule has 0 saturated carbocycles. The van der Waals surface area contributed by atoms with Crippen LogP contribution in [0.25, 0.3) is 0 Å². The molecule has 1 aliphatic rings. The molecule has 1 fully saturated rings. The second-order valence-corrected chi connectivity index (χ2v) is 5.51. The van der Waals surface area contributed by atoms with E-state index in [0.717, 1.165) is 19.1 Å². The van der Waals surface area contributed by atoms with Crippen LogP contribution >= 0.6 is 0 Å². The monoisotopic (exact) mass is 241 g/mol. The Morgan fingerprint density at radius 2 is 2.18 bits per heavy atom. The van der Waals surface area contributed by atoms with Crippen molar-refractivity contribution in [1.82, 2.24) is 5.32 Å². The number of ether oxygens (including phenoxy) is 1. The van der Waals surface area contributed by atoms with Gasteiger partial charge in [-0.15, -0.1) is 0 Å². The third-order valence-electron chi connectivity index (χ3n) is 3.99. The summed E-state index contributed by atoms with van der Waals surface area (Å²) >= 11 is 0. The second kappa shape index (κ2) is 8.93. The highest BCUT2D eigenvalue weighted by atomic mass is 16.5. The molecular formula is C15H31NO. The molecule has 0 radical (unpaired) electrons. The lowest BCUT2D eigenvalue weighted by molar-refractivity contribution is 0.100. The largest absolute Gasteiger partial charge is 0.378 e. The Bertz CT molecular complexity index is 178. The number of hydrogen-bond acceptors (Lipinski definition) is 2. The van der Waals surface area contributed by atoms with Crippen LogP contribution < -0.4 is 5.32 Å². The maximum Gasteiger partial charge on any atom is 0.0576 e. The molecule has 0 aliphatic carbocycles. The summed E-state index contributed by atoms with van der Waals surface area (Å²) < 4.78 is 5.67. The molecule has 0 amide bonds. The normalized spacial score (nSPS) is 23.8. The molecule has 2 heteroatoms. The lowest BCUT2D eigenvalue weighted by Crippen LogP contribution is -2.35. The predicted octanol–water partition coefficient (Wildman–Crippen LogP) is 3.75. The van der Waals surface area contributed by atoms with Crippen molar-refractivity contribution in [3.63, 3.8) is 0 Å². The molecule has 17 heavy (non-hydrogen) atoms. The van der Waals surface area contributed by atoms with Gasteiger partial charge in [-0.25, -0.2) is 0 Å². The molecular weight excluding hydrogens is 210 g/mol. The van der Waals surface area contributed by atoms with E-state index in [0.29, 0.717) is 12.1 Å². The third-order valence-corrected chi connectivity index (χ3v) is 3.99. The predicted molar refractivity (Wildman–Crippen MR) is 74.4 cm³/mol. The summed E-state index contributed by atoms with van der Waals surface area (Å²) in [5.74, 6) is 0.799. The average Bonchev–Trinajstić information content (AvgIpc) is 2.83. The van der Waals surface area contributed by atoms with E-state index in [9.17, 15) is 0 Å². The molecule has 102 valence electrons. The first-order valence-corrected chi connectivity index (χ1v) is 7.62. The Labute approximate surface area is 108 Å². The van der Waals surface area contributed by atoms with Crippen molar-refractivity contribution in [2.75, 3.05) is 13.2 Å². The van der Waals surface area contributed by atoms with Gasteiger partial charge >= 0.3 is 0 Å². The fourth-order valence-corrected chi connectivity index (χ4v) is 2.82. The van der Waals surface area contributed by atoms with E-state index in [-0.39, 0.29) is 0 Å². The first-order valence-electron chi connectivity index (χ1n) is 7.62. The van der Waals surface area contributed by atoms with Gasteiger partial charge in [0.25, 0.3) is 0 Å². The van der Waals surface area contributed by atoms with Crippen LogP contribution in [0.1, 0.15) is 65.7 Å². The summed E-state index contributed by atoms with van der Waals surface area (Å²) in [7, 11) is 0. The lowest BCUT2D eigenvalue weighted by atomic mass is 9.93. The van der Waals surface area contributed by atoms with Gasteiger partial charge in [-0.3, -0.25) is 0 Å². The van der Waals surface area contributed by atoms with Crippen LogP contribution in [0.2, 0.25) is 0 Å². The van der Waals surface area contributed by atoms with Crippen molar-refractivity contribution in [1.29, 1.82) is 0 Å². The summed E-state index contributed by atoms with van der Waals surface area (Å²) in [5.41, 5.74) is 0. The zero-order valence-electron chi connectivity index (χ0n) is 12.0. The number of hydrogen-bond donors (Lipinski definition) is 1. The molecule has 0 aromatic heterocycles. The number of nitrogens with one attached hydrogen (secondary N) is 1. The van der Waals surface area contributed by atoms with Crippen LogP contribution in [-0.4, -0.2) is 25.3 Å². The summed E-state index contributed by atoms with van der Waals surface area (Å²) in [4.78, 5) is 0. The van der Waals surface area contributed by atoms with Crippen LogP contribution in [0.5, 0.6) is 0 Å². The summed E-state index contributed by atoms with van der Waals surface area (Å²) in [6, 6.07) is 0.708. The van der Waals surface area contributed by atoms with Crippen LogP contribution in [0, 0.1) is 5.92 Å². The topological polar surface area (TPSA) is 21.3 Å². The van der Waals surface area contributed by atoms with Gasteiger partial charge in [-0.05, 0) is 51.0 Å². The summed E-state index contributed by atoms with van der Waals surface area (Å²) in [6.45, 7) is 9.09. The van der Waals surface area contributed by atoms with E-state index < -0.39 is 0 Å². The first-order chi connectivity index (χ1) is 8.27. The number of rotatable bonds is 9. The SMILES string of the molecule is CCCNC(CC)C(C)CCCC1CCCO1. The molecule has 1 rings (SSSR count). The standard InChI is InChI=1S/C15H31NO/c1-4-11-16-15(5-2)13(3)8-6-9-14-10-7-12-17-14/h13-16H,4-12H2,1-3H3. The molecule has 0 spiro atoms. The third kappa shape index (κ3) is 5.87. The fourth-order valence-electron chi connectivity index (χ4n) is 2.82. The Kier molecular flexibility index (Phi) is 7.87. The smallest absolute Gasteiger partial charge is 0.0576 e. The molecule has 1 heterocycles. The minimum Gasteiger partial charge on any atom is -0.378 e. The highest BCUT2D eigenvalue weighted by molar-refractivity contribution is 4.73. The second-order valence-electron chi connectivity index (χ2n) is 5.51. The Morgan fingerprint density at radius 1 is 1.35 bits per heavy atom. The Hall–Kier alpha value is -0.0800. The minimum atomic E-state index is 0.575. The van der Waals surface area contributed by atoms with Crippen molar-refractivity contribution >= 4 is 0 Å². The summed E-state index contributed by atoms with van der Waals surface area (Å²) in [6.07, 6.45) is 9.57. The van der Waals surface area contributed by atoms with E-state index in [1.165, 1.54) is 44.9 Å². The maximum atomic E-state index is 5.67. The molecule has 1 aliphatic heterocycles. The fraction of sp³-hybridized carbons (Fsp3) is 1.00. The van der Waals surface area contributed by atoms with E-state index in [1.54, 1.807) is 0 Å². The zero-order valence-corrected chi connectivity index (χ0v) is 12.0. The van der Waals surface area contributed by atoms with Crippen molar-refractivity contribution in [3.05, 3.63) is 0 Å². The van der Waals surface area contributed by atoms with Crippen molar-refractivity contribution < 1.29 is 4.74 Å². The van der Waals surface area contributed by atoms with Gasteiger partial charge in [0, 0.05) is 12.6 Å². The Morgan fingerprint density at radius 3 is 2.76 bits per heavy atom. The molecule has 2 nitrogen and oxygen atoms in total. The van der Waals surface area contributed by atoms with Gasteiger partial charge in [0.05, 0.1) is 6.10 Å². The van der Waals surface area contributed by atoms with Gasteiger partial charge in [0.1, 0.15) is 0 Å². The van der Waals surface area contributed by atoms with E-state index >= 15 is 0 Å². The van der Waals surface area contributed by atoms with E-state index in [1.807, 2.05) is 0 Å². The molecule has 3 unspecified atom stereocenters. The van der Waals surface area contributed by atoms with Gasteiger partial charge in [0.15, 0.2) is 0 Å². The molecule has 1 N–H and O–H groups in total. The van der Waals surface area contributed by atoms with Crippen molar-refractivity contribution in [3.8, 4) is 0 Å². The average molecular weight is 241 g/mol. The maximum absolute atomic E-state index is 5.67. The molecule has 0 bridgehead atoms. The minimum absolute atomic E-state index is 0.575. The molecule has 3 atom stereocenters. The molecule has 0 aromatic rings. The van der Waals surface area contributed by atoms with Crippen LogP contribution in [0.3, 0.4) is 0 Å². The van der Waals surface area contributed by atoms with E-state index in [4.69, 9.17) is 4.74 Å². The first kappa shape index (κ1) is 15.0. The van der Waals surface area contributed by atoms with Gasteiger partial charge < -0.3 is 10.1 Å². The summed E-state index contributed by atoms with van der Waals surface area (Å²) in [5, 5.41) is 3.67. The van der Waals surface area contributed by atoms with Crippen LogP contribution in [-0.2, 0) is 4.74 Å². The molecule has 1 saturated heterocycles. The van der Waals surface area contributed by atoms with Gasteiger partial charge in [-0.2, -0.15) is 0 Å². The Balaban J connectivity index is 2.10. The van der Waals surface area contributed by atoms with Crippen LogP contribution in [0.4, 0.5) is 0 Å². The zero-order chi connectivity index (χ0) is 12.5. The molecule has 0 aromatic carbocycles.